The van der Waals surface area contributed by atoms with Crippen LogP contribution in [0.3, 0.4) is 0 Å². The number of nitrogens with one attached hydrogen (secondary N) is 5. The molecule has 3 aromatic rings. The molecular weight excluding hydrogens is 754 g/mol. The predicted octanol–water partition coefficient (Wildman–Crippen LogP) is -0.661. The molecule has 5 amide bonds. The third-order valence-corrected chi connectivity index (χ3v) is 8.69. The largest absolute Gasteiger partial charge is 0.508 e. The van der Waals surface area contributed by atoms with E-state index >= 15 is 0 Å². The van der Waals surface area contributed by atoms with Gasteiger partial charge in [-0.1, -0.05) is 54.6 Å². The Morgan fingerprint density at radius 1 is 0.690 bits per heavy atom. The van der Waals surface area contributed by atoms with Crippen LogP contribution in [-0.2, 0) is 52.8 Å². The van der Waals surface area contributed by atoms with E-state index in [1.165, 1.54) is 31.2 Å². The molecule has 17 heteroatoms. The Labute approximate surface area is 335 Å². The van der Waals surface area contributed by atoms with Crippen molar-refractivity contribution in [3.8, 4) is 11.5 Å². The summed E-state index contributed by atoms with van der Waals surface area (Å²) in [7, 11) is 1.14. The Kier molecular flexibility index (Phi) is 18.8. The van der Waals surface area contributed by atoms with Crippen molar-refractivity contribution < 1.29 is 58.7 Å². The maximum atomic E-state index is 13.6. The molecule has 3 aromatic carbocycles. The van der Waals surface area contributed by atoms with E-state index in [2.05, 4.69) is 26.6 Å². The molecule has 0 fully saturated rings. The van der Waals surface area contributed by atoms with Crippen LogP contribution >= 0.6 is 0 Å². The molecule has 0 spiro atoms. The van der Waals surface area contributed by atoms with E-state index < -0.39 is 78.9 Å². The summed E-state index contributed by atoms with van der Waals surface area (Å²) in [6.45, 7) is 1.76. The standard InChI is InChI=1S/C41H51N5O12/c1-25(23-47)17-18-58-31-15-11-29(12-16-31)20-33(41(56)57-3)45-39(54)34(24-48)46-38(53)32(19-28-9-13-30(49)14-10-28)44-36(51)22-42-37(52)26(2)43-40(55)35(50)21-27-7-5-4-6-8-27/h4-17,26,32-35,47-50H,18-24H2,1-3H3,(H,42,52)(H,43,55)(H,44,51)(H,45,54)(H,46,53). The fourth-order valence-corrected chi connectivity index (χ4v) is 5.32. The second kappa shape index (κ2) is 23.7. The lowest BCUT2D eigenvalue weighted by Gasteiger charge is -2.24. The van der Waals surface area contributed by atoms with Gasteiger partial charge in [0.05, 0.1) is 26.9 Å². The molecule has 0 saturated carbocycles. The van der Waals surface area contributed by atoms with Crippen LogP contribution in [0.4, 0.5) is 0 Å². The van der Waals surface area contributed by atoms with E-state index in [0.717, 1.165) is 12.7 Å². The lowest BCUT2D eigenvalue weighted by molar-refractivity contribution is -0.145. The van der Waals surface area contributed by atoms with Gasteiger partial charge in [-0.05, 0) is 66.5 Å². The van der Waals surface area contributed by atoms with Crippen LogP contribution in [0.1, 0.15) is 30.5 Å². The van der Waals surface area contributed by atoms with Gasteiger partial charge in [0.15, 0.2) is 0 Å². The van der Waals surface area contributed by atoms with Crippen molar-refractivity contribution in [3.63, 3.8) is 0 Å². The summed E-state index contributed by atoms with van der Waals surface area (Å²) in [4.78, 5) is 77.8. The Bertz CT molecular complexity index is 1860. The van der Waals surface area contributed by atoms with Gasteiger partial charge in [0.2, 0.25) is 29.5 Å². The van der Waals surface area contributed by atoms with E-state index in [0.29, 0.717) is 22.4 Å². The molecule has 0 aliphatic carbocycles. The van der Waals surface area contributed by atoms with Crippen LogP contribution in [-0.4, -0.2) is 120 Å². The SMILES string of the molecule is COC(=O)C(Cc1ccc(OCC=C(C)CO)cc1)NC(=O)C(CO)NC(=O)C(Cc1ccc(O)cc1)NC(=O)CNC(=O)C(C)NC(=O)C(O)Cc1ccccc1. The minimum absolute atomic E-state index is 0.0177. The van der Waals surface area contributed by atoms with Gasteiger partial charge in [-0.25, -0.2) is 4.79 Å². The number of esters is 1. The third-order valence-electron chi connectivity index (χ3n) is 8.69. The summed E-state index contributed by atoms with van der Waals surface area (Å²) >= 11 is 0. The number of phenolic OH excluding ortho intramolecular Hbond substituents is 1. The van der Waals surface area contributed by atoms with Gasteiger partial charge >= 0.3 is 5.97 Å². The number of aromatic hydroxyl groups is 1. The number of aliphatic hydroxyl groups excluding tert-OH is 3. The monoisotopic (exact) mass is 805 g/mol. The van der Waals surface area contributed by atoms with Crippen molar-refractivity contribution in [2.24, 2.45) is 0 Å². The quantitative estimate of drug-likeness (QED) is 0.0453. The highest BCUT2D eigenvalue weighted by Crippen LogP contribution is 2.15. The van der Waals surface area contributed by atoms with Crippen LogP contribution in [0.5, 0.6) is 11.5 Å². The van der Waals surface area contributed by atoms with Crippen molar-refractivity contribution in [2.45, 2.75) is 63.4 Å². The molecule has 312 valence electrons. The fraction of sp³-hybridized carbons (Fsp3) is 0.366. The zero-order valence-electron chi connectivity index (χ0n) is 32.5. The van der Waals surface area contributed by atoms with E-state index in [1.807, 2.05) is 0 Å². The number of amides is 5. The number of aliphatic hydroxyl groups is 3. The van der Waals surface area contributed by atoms with Crippen molar-refractivity contribution in [3.05, 3.63) is 107 Å². The number of hydrogen-bond acceptors (Lipinski definition) is 12. The number of phenols is 1. The van der Waals surface area contributed by atoms with E-state index in [1.54, 1.807) is 67.6 Å². The summed E-state index contributed by atoms with van der Waals surface area (Å²) in [5.74, 6) is -4.50. The van der Waals surface area contributed by atoms with Gasteiger partial charge in [0, 0.05) is 19.3 Å². The van der Waals surface area contributed by atoms with Gasteiger partial charge in [0.1, 0.15) is 48.4 Å². The molecule has 5 unspecified atom stereocenters. The van der Waals surface area contributed by atoms with Crippen LogP contribution in [0, 0.1) is 0 Å². The predicted molar refractivity (Wildman–Crippen MR) is 210 cm³/mol. The molecular formula is C41H51N5O12. The number of carbonyl (C=O) groups excluding carboxylic acids is 6. The normalized spacial score (nSPS) is 13.7. The number of ether oxygens (including phenoxy) is 2. The second-order valence-electron chi connectivity index (χ2n) is 13.3. The average Bonchev–Trinajstić information content (AvgIpc) is 3.22. The Balaban J connectivity index is 1.63. The number of hydrogen-bond donors (Lipinski definition) is 9. The van der Waals surface area contributed by atoms with Crippen LogP contribution < -0.4 is 31.3 Å². The molecule has 0 saturated heterocycles. The molecule has 58 heavy (non-hydrogen) atoms. The van der Waals surface area contributed by atoms with Gasteiger partial charge in [0.25, 0.3) is 0 Å². The summed E-state index contributed by atoms with van der Waals surface area (Å²) in [5, 5.41) is 51.3. The van der Waals surface area contributed by atoms with Gasteiger partial charge in [-0.3, -0.25) is 24.0 Å². The van der Waals surface area contributed by atoms with E-state index in [-0.39, 0.29) is 38.2 Å². The number of carbonyl (C=O) groups is 6. The summed E-state index contributed by atoms with van der Waals surface area (Å²) in [6.07, 6.45) is 0.168. The lowest BCUT2D eigenvalue weighted by atomic mass is 10.0. The minimum atomic E-state index is -1.58. The van der Waals surface area contributed by atoms with E-state index in [4.69, 9.17) is 14.6 Å². The summed E-state index contributed by atoms with van der Waals surface area (Å²) in [5.41, 5.74) is 2.58. The molecule has 17 nitrogen and oxygen atoms in total. The molecule has 0 aromatic heterocycles. The third kappa shape index (κ3) is 15.7. The van der Waals surface area contributed by atoms with Crippen LogP contribution in [0.2, 0.25) is 0 Å². The fourth-order valence-electron chi connectivity index (χ4n) is 5.32. The van der Waals surface area contributed by atoms with Crippen LogP contribution in [0.15, 0.2) is 90.5 Å². The Morgan fingerprint density at radius 3 is 1.86 bits per heavy atom. The average molecular weight is 806 g/mol. The van der Waals surface area contributed by atoms with Crippen molar-refractivity contribution in [1.29, 1.82) is 0 Å². The highest BCUT2D eigenvalue weighted by atomic mass is 16.5. The number of benzene rings is 3. The maximum Gasteiger partial charge on any atom is 0.328 e. The first-order valence-corrected chi connectivity index (χ1v) is 18.4. The summed E-state index contributed by atoms with van der Waals surface area (Å²) < 4.78 is 10.5. The molecule has 0 aliphatic rings. The Morgan fingerprint density at radius 2 is 1.26 bits per heavy atom. The highest BCUT2D eigenvalue weighted by Gasteiger charge is 2.30. The molecule has 3 rings (SSSR count). The first kappa shape index (κ1) is 46.1. The first-order valence-electron chi connectivity index (χ1n) is 18.4. The molecule has 0 radical (unpaired) electrons. The van der Waals surface area contributed by atoms with Gasteiger partial charge in [-0.15, -0.1) is 0 Å². The highest BCUT2D eigenvalue weighted by molar-refractivity contribution is 5.95. The number of methoxy groups -OCH3 is 1. The van der Waals surface area contributed by atoms with Gasteiger partial charge in [-0.2, -0.15) is 0 Å². The zero-order chi connectivity index (χ0) is 42.6. The van der Waals surface area contributed by atoms with Crippen molar-refractivity contribution >= 4 is 35.5 Å². The number of rotatable bonds is 22. The summed E-state index contributed by atoms with van der Waals surface area (Å²) in [6, 6.07) is 15.9. The van der Waals surface area contributed by atoms with E-state index in [9.17, 15) is 44.1 Å². The smallest absolute Gasteiger partial charge is 0.328 e. The van der Waals surface area contributed by atoms with Crippen LogP contribution in [0.25, 0.3) is 0 Å². The molecule has 0 heterocycles. The molecule has 5 atom stereocenters. The molecule has 0 aliphatic heterocycles. The zero-order valence-corrected chi connectivity index (χ0v) is 32.5. The van der Waals surface area contributed by atoms with Crippen molar-refractivity contribution in [2.75, 3.05) is 33.5 Å². The minimum Gasteiger partial charge on any atom is -0.508 e. The lowest BCUT2D eigenvalue weighted by Crippen LogP contribution is -2.58. The molecule has 9 N–H and O–H groups in total. The maximum absolute atomic E-state index is 13.6. The van der Waals surface area contributed by atoms with Crippen molar-refractivity contribution in [1.82, 2.24) is 26.6 Å². The first-order chi connectivity index (χ1) is 27.7. The van der Waals surface area contributed by atoms with Gasteiger partial charge < -0.3 is 56.5 Å². The second-order valence-corrected chi connectivity index (χ2v) is 13.3. The Hall–Kier alpha value is -6.30. The molecule has 0 bridgehead atoms. The topological polar surface area (TPSA) is 262 Å².